The first-order valence-corrected chi connectivity index (χ1v) is 16.4. The molecule has 0 saturated heterocycles. The van der Waals surface area contributed by atoms with Gasteiger partial charge in [0.1, 0.15) is 0 Å². The first-order chi connectivity index (χ1) is 21.4. The van der Waals surface area contributed by atoms with Gasteiger partial charge in [-0.05, 0) is 92.2 Å². The number of hydrogen-bond acceptors (Lipinski definition) is 3. The zero-order valence-electron chi connectivity index (χ0n) is 24.3. The lowest BCUT2D eigenvalue weighted by Gasteiger charge is -2.35. The molecule has 0 spiro atoms. The van der Waals surface area contributed by atoms with Gasteiger partial charge in [0.2, 0.25) is 9.84 Å². The summed E-state index contributed by atoms with van der Waals surface area (Å²) in [6.45, 7) is 4.12. The quantitative estimate of drug-likeness (QED) is 0.190. The predicted molar refractivity (Wildman–Crippen MR) is 181 cm³/mol. The average Bonchev–Trinajstić information content (AvgIpc) is 3.32. The van der Waals surface area contributed by atoms with Crippen molar-refractivity contribution in [2.45, 2.75) is 29.1 Å². The molecule has 7 aromatic carbocycles. The molecule has 0 saturated carbocycles. The van der Waals surface area contributed by atoms with Gasteiger partial charge in [0.15, 0.2) is 0 Å². The fourth-order valence-corrected chi connectivity index (χ4v) is 9.66. The third-order valence-corrected chi connectivity index (χ3v) is 11.7. The summed E-state index contributed by atoms with van der Waals surface area (Å²) in [6.07, 6.45) is 0. The minimum absolute atomic E-state index is 0.365. The van der Waals surface area contributed by atoms with E-state index in [0.717, 1.165) is 55.2 Å². The zero-order chi connectivity index (χ0) is 29.8. The van der Waals surface area contributed by atoms with Gasteiger partial charge in [-0.15, -0.1) is 0 Å². The highest BCUT2D eigenvalue weighted by Crippen LogP contribution is 2.55. The Balaban J connectivity index is 1.38. The molecular weight excluding hydrogens is 559 g/mol. The maximum absolute atomic E-state index is 14.3. The lowest BCUT2D eigenvalue weighted by atomic mass is 9.73. The largest absolute Gasteiger partial charge is 0.256 e. The van der Waals surface area contributed by atoms with Gasteiger partial charge in [-0.3, -0.25) is 4.99 Å². The molecule has 0 amide bonds. The molecule has 0 N–H and O–H groups in total. The molecular formula is C40H27NO2S. The molecule has 7 aromatic rings. The van der Waals surface area contributed by atoms with Crippen molar-refractivity contribution in [3.05, 3.63) is 139 Å². The first kappa shape index (κ1) is 25.4. The Labute approximate surface area is 256 Å². The minimum atomic E-state index is -3.76. The number of rotatable bonds is 2. The van der Waals surface area contributed by atoms with E-state index in [-0.39, 0.29) is 0 Å². The number of sulfone groups is 1. The molecule has 0 aliphatic carbocycles. The van der Waals surface area contributed by atoms with Gasteiger partial charge in [-0.2, -0.15) is 0 Å². The van der Waals surface area contributed by atoms with Crippen molar-refractivity contribution in [2.24, 2.45) is 4.99 Å². The third-order valence-electron chi connectivity index (χ3n) is 9.89. The Kier molecular flexibility index (Phi) is 5.06. The summed E-state index contributed by atoms with van der Waals surface area (Å²) in [7, 11) is -3.76. The van der Waals surface area contributed by atoms with Crippen LogP contribution in [0.25, 0.3) is 54.6 Å². The van der Waals surface area contributed by atoms with Crippen LogP contribution in [0.2, 0.25) is 0 Å². The van der Waals surface area contributed by atoms with Crippen molar-refractivity contribution < 1.29 is 8.42 Å². The molecule has 44 heavy (non-hydrogen) atoms. The molecule has 0 unspecified atom stereocenters. The van der Waals surface area contributed by atoms with Crippen molar-refractivity contribution in [3.63, 3.8) is 0 Å². The van der Waals surface area contributed by atoms with Crippen molar-refractivity contribution >= 4 is 53.6 Å². The van der Waals surface area contributed by atoms with Gasteiger partial charge in [-0.25, -0.2) is 8.42 Å². The van der Waals surface area contributed by atoms with Crippen LogP contribution < -0.4 is 0 Å². The van der Waals surface area contributed by atoms with Gasteiger partial charge >= 0.3 is 0 Å². The molecule has 0 bridgehead atoms. The minimum Gasteiger partial charge on any atom is -0.256 e. The zero-order valence-corrected chi connectivity index (χ0v) is 25.1. The van der Waals surface area contributed by atoms with Crippen LogP contribution in [0.3, 0.4) is 0 Å². The summed E-state index contributed by atoms with van der Waals surface area (Å²) in [5.74, 6) is 0. The van der Waals surface area contributed by atoms with Crippen molar-refractivity contribution in [1.82, 2.24) is 0 Å². The second-order valence-corrected chi connectivity index (χ2v) is 13.9. The Morgan fingerprint density at radius 3 is 1.89 bits per heavy atom. The van der Waals surface area contributed by atoms with Crippen molar-refractivity contribution in [1.29, 1.82) is 0 Å². The maximum Gasteiger partial charge on any atom is 0.207 e. The van der Waals surface area contributed by atoms with Crippen LogP contribution in [0.15, 0.2) is 142 Å². The standard InChI is InChI=1S/C40H27NO2S/c1-24-40(2)33-22-21-26(23-36(33)44(42,43)35-20-10-19-34(41-24)39(35)40)37-29-14-5-7-16-31(29)38(32-17-8-6-15-30(32)37)28-18-9-12-25-11-3-4-13-27(25)28/h3-23H,1-2H3/t40-/m0/s1. The van der Waals surface area contributed by atoms with E-state index in [9.17, 15) is 8.42 Å². The average molecular weight is 586 g/mol. The number of aliphatic imine (C=N–C) groups is 1. The van der Waals surface area contributed by atoms with E-state index in [1.165, 1.54) is 21.9 Å². The highest BCUT2D eigenvalue weighted by molar-refractivity contribution is 7.91. The van der Waals surface area contributed by atoms with Crippen LogP contribution in [-0.2, 0) is 15.3 Å². The topological polar surface area (TPSA) is 46.5 Å². The summed E-state index contributed by atoms with van der Waals surface area (Å²) in [6, 6.07) is 43.5. The second kappa shape index (κ2) is 8.75. The molecule has 4 heteroatoms. The van der Waals surface area contributed by atoms with Crippen LogP contribution in [-0.4, -0.2) is 14.1 Å². The second-order valence-electron chi connectivity index (χ2n) is 12.1. The Bertz CT molecular complexity index is 2480. The van der Waals surface area contributed by atoms with Crippen LogP contribution in [0.1, 0.15) is 25.0 Å². The molecule has 2 heterocycles. The van der Waals surface area contributed by atoms with E-state index in [0.29, 0.717) is 9.79 Å². The van der Waals surface area contributed by atoms with Crippen LogP contribution in [0.4, 0.5) is 5.69 Å². The summed E-state index contributed by atoms with van der Waals surface area (Å²) in [4.78, 5) is 5.55. The van der Waals surface area contributed by atoms with Crippen molar-refractivity contribution in [2.75, 3.05) is 0 Å². The van der Waals surface area contributed by atoms with E-state index < -0.39 is 15.3 Å². The van der Waals surface area contributed by atoms with E-state index in [1.54, 1.807) is 12.1 Å². The lowest BCUT2D eigenvalue weighted by Crippen LogP contribution is -2.35. The number of hydrogen-bond donors (Lipinski definition) is 0. The first-order valence-electron chi connectivity index (χ1n) is 14.9. The Morgan fingerprint density at radius 2 is 1.18 bits per heavy atom. The lowest BCUT2D eigenvalue weighted by molar-refractivity contribution is 0.582. The molecule has 0 fully saturated rings. The van der Waals surface area contributed by atoms with Gasteiger partial charge in [0.25, 0.3) is 0 Å². The summed E-state index contributed by atoms with van der Waals surface area (Å²) < 4.78 is 28.6. The van der Waals surface area contributed by atoms with E-state index >= 15 is 0 Å². The Hall–Kier alpha value is -5.06. The molecule has 0 radical (unpaired) electrons. The fourth-order valence-electron chi connectivity index (χ4n) is 7.75. The molecule has 9 rings (SSSR count). The van der Waals surface area contributed by atoms with E-state index in [2.05, 4.69) is 104 Å². The summed E-state index contributed by atoms with van der Waals surface area (Å²) in [5, 5.41) is 6.87. The molecule has 3 nitrogen and oxygen atoms in total. The van der Waals surface area contributed by atoms with Gasteiger partial charge in [0.05, 0.1) is 20.9 Å². The predicted octanol–water partition coefficient (Wildman–Crippen LogP) is 10.0. The number of nitrogens with zero attached hydrogens (tertiary/aromatic N) is 1. The van der Waals surface area contributed by atoms with Gasteiger partial charge in [0, 0.05) is 11.3 Å². The highest BCUT2D eigenvalue weighted by Gasteiger charge is 2.49. The van der Waals surface area contributed by atoms with Crippen LogP contribution in [0.5, 0.6) is 0 Å². The monoisotopic (exact) mass is 585 g/mol. The SMILES string of the molecule is CC1=Nc2cccc3c2[C@]1(C)c1ccc(-c2c4ccccc4c(-c4cccc5ccccc45)c4ccccc24)cc1S3(=O)=O. The third kappa shape index (κ3) is 3.16. The summed E-state index contributed by atoms with van der Waals surface area (Å²) in [5.41, 5.74) is 6.98. The number of benzene rings is 7. The molecule has 0 aromatic heterocycles. The number of fused-ring (bicyclic) bond motifs is 5. The maximum atomic E-state index is 14.3. The van der Waals surface area contributed by atoms with Gasteiger partial charge in [-0.1, -0.05) is 109 Å². The fraction of sp³-hybridized carbons (Fsp3) is 0.0750. The highest BCUT2D eigenvalue weighted by atomic mass is 32.2. The molecule has 2 aliphatic heterocycles. The molecule has 210 valence electrons. The van der Waals surface area contributed by atoms with Crippen LogP contribution in [0, 0.1) is 0 Å². The van der Waals surface area contributed by atoms with Crippen LogP contribution >= 0.6 is 0 Å². The summed E-state index contributed by atoms with van der Waals surface area (Å²) >= 11 is 0. The van der Waals surface area contributed by atoms with E-state index in [1.807, 2.05) is 25.1 Å². The molecule has 2 aliphatic rings. The smallest absolute Gasteiger partial charge is 0.207 e. The Morgan fingerprint density at radius 1 is 0.591 bits per heavy atom. The van der Waals surface area contributed by atoms with E-state index in [4.69, 9.17) is 4.99 Å². The normalized spacial score (nSPS) is 17.9. The molecule has 1 atom stereocenters. The van der Waals surface area contributed by atoms with Gasteiger partial charge < -0.3 is 0 Å². The van der Waals surface area contributed by atoms with Crippen molar-refractivity contribution in [3.8, 4) is 22.3 Å².